The summed E-state index contributed by atoms with van der Waals surface area (Å²) in [6.45, 7) is 28.9. The van der Waals surface area contributed by atoms with E-state index in [2.05, 4.69) is 251 Å². The van der Waals surface area contributed by atoms with Crippen molar-refractivity contribution in [2.24, 2.45) is 0 Å². The van der Waals surface area contributed by atoms with Crippen molar-refractivity contribution in [2.45, 2.75) is 119 Å². The topological polar surface area (TPSA) is 21.7 Å². The molecule has 0 unspecified atom stereocenters. The third-order valence-electron chi connectivity index (χ3n) is 19.4. The summed E-state index contributed by atoms with van der Waals surface area (Å²) in [5.41, 5.74) is 23.3. The zero-order valence-electron chi connectivity index (χ0n) is 45.8. The summed E-state index contributed by atoms with van der Waals surface area (Å²) >= 11 is 1.95. The minimum atomic E-state index is -2.05. The molecule has 0 spiro atoms. The first-order valence-electron chi connectivity index (χ1n) is 27.3. The van der Waals surface area contributed by atoms with Crippen molar-refractivity contribution >= 4 is 47.3 Å². The van der Waals surface area contributed by atoms with Gasteiger partial charge in [-0.1, -0.05) is 203 Å². The van der Waals surface area contributed by atoms with Gasteiger partial charge in [0.05, 0.1) is 0 Å². The second-order valence-electron chi connectivity index (χ2n) is 25.7. The number of anilines is 3. The molecule has 0 fully saturated rings. The zero-order valence-corrected chi connectivity index (χ0v) is 47.6. The Kier molecular flexibility index (Phi) is 9.07. The highest BCUT2D eigenvalue weighted by Crippen LogP contribution is 2.62. The van der Waals surface area contributed by atoms with E-state index in [1.165, 1.54) is 109 Å². The van der Waals surface area contributed by atoms with Gasteiger partial charge in [-0.2, -0.15) is 0 Å². The van der Waals surface area contributed by atoms with Crippen molar-refractivity contribution in [1.29, 1.82) is 0 Å². The Labute approximate surface area is 454 Å². The van der Waals surface area contributed by atoms with Crippen molar-refractivity contribution < 1.29 is 9.47 Å². The maximum atomic E-state index is 7.04. The van der Waals surface area contributed by atoms with Crippen LogP contribution in [0.15, 0.2) is 174 Å². The maximum absolute atomic E-state index is 7.04. The Morgan fingerprint density at radius 3 is 1.41 bits per heavy atom. The van der Waals surface area contributed by atoms with Crippen LogP contribution in [0.5, 0.6) is 23.0 Å². The SMILES string of the molecule is CC1(C)c2ccccc2Oc2c1ccc1c2-c2ccc(N(c3ccc4c(c3)C(C)(C)c3ccc5c(c3-4)Oc3ccccc3[Si]5(C)C)c3ccc4c(c3)C(C)(C)c3ccc5c(c3-4)Sc3ccccc3C5(C)C)cc2C1(C)C. The average molecular weight is 1020 g/mol. The van der Waals surface area contributed by atoms with Gasteiger partial charge >= 0.3 is 0 Å². The van der Waals surface area contributed by atoms with Crippen LogP contribution in [-0.2, 0) is 27.1 Å². The molecule has 76 heavy (non-hydrogen) atoms. The Bertz CT molecular complexity index is 3690. The van der Waals surface area contributed by atoms with Crippen LogP contribution in [0.1, 0.15) is 125 Å². The normalized spacial score (nSPS) is 18.3. The van der Waals surface area contributed by atoms with E-state index in [0.717, 1.165) is 40.1 Å². The number of nitrogens with zero attached hydrogens (tertiary/aromatic N) is 1. The Hall–Kier alpha value is -7.05. The van der Waals surface area contributed by atoms with Crippen molar-refractivity contribution in [3.63, 3.8) is 0 Å². The molecule has 0 saturated carbocycles. The number of rotatable bonds is 3. The number of benzene rings is 9. The van der Waals surface area contributed by atoms with Crippen LogP contribution in [0, 0.1) is 0 Å². The molecule has 9 aromatic rings. The molecular formula is C71H63NO2SSi. The van der Waals surface area contributed by atoms with E-state index in [1.54, 1.807) is 0 Å². The van der Waals surface area contributed by atoms with Crippen LogP contribution < -0.4 is 24.7 Å². The molecule has 0 atom stereocenters. The molecular weight excluding hydrogens is 959 g/mol. The van der Waals surface area contributed by atoms with Gasteiger partial charge in [0, 0.05) is 81.7 Å². The monoisotopic (exact) mass is 1020 g/mol. The van der Waals surface area contributed by atoms with Crippen LogP contribution in [0.3, 0.4) is 0 Å². The summed E-state index contributed by atoms with van der Waals surface area (Å²) < 4.78 is 14.0. The number of hydrogen-bond acceptors (Lipinski definition) is 4. The van der Waals surface area contributed by atoms with E-state index in [4.69, 9.17) is 9.47 Å². The molecule has 0 saturated heterocycles. The van der Waals surface area contributed by atoms with E-state index in [9.17, 15) is 0 Å². The van der Waals surface area contributed by atoms with Crippen LogP contribution >= 0.6 is 11.8 Å². The second kappa shape index (κ2) is 14.9. The zero-order chi connectivity index (χ0) is 52.4. The third kappa shape index (κ3) is 5.81. The fourth-order valence-corrected chi connectivity index (χ4v) is 19.3. The van der Waals surface area contributed by atoms with Gasteiger partial charge in [0.2, 0.25) is 0 Å². The predicted octanol–water partition coefficient (Wildman–Crippen LogP) is 18.2. The van der Waals surface area contributed by atoms with Gasteiger partial charge in [0.15, 0.2) is 0 Å². The molecule has 9 aromatic carbocycles. The first kappa shape index (κ1) is 46.3. The van der Waals surface area contributed by atoms with Gasteiger partial charge in [0.25, 0.3) is 0 Å². The number of fused-ring (bicyclic) bond motifs is 18. The lowest BCUT2D eigenvalue weighted by Gasteiger charge is -2.36. The summed E-state index contributed by atoms with van der Waals surface area (Å²) in [5, 5.41) is 2.73. The van der Waals surface area contributed by atoms with Gasteiger partial charge in [-0.25, -0.2) is 0 Å². The average Bonchev–Trinajstić information content (AvgIpc) is 4.13. The molecule has 0 aromatic heterocycles. The van der Waals surface area contributed by atoms with Crippen LogP contribution in [0.2, 0.25) is 13.1 Å². The summed E-state index contributed by atoms with van der Waals surface area (Å²) in [6.07, 6.45) is 0. The first-order chi connectivity index (χ1) is 36.2. The summed E-state index contributed by atoms with van der Waals surface area (Å²) in [5.74, 6) is 3.99. The van der Waals surface area contributed by atoms with Gasteiger partial charge in [-0.15, -0.1) is 0 Å². The maximum Gasteiger partial charge on any atom is 0.139 e. The third-order valence-corrected chi connectivity index (χ3v) is 24.1. The van der Waals surface area contributed by atoms with E-state index in [0.29, 0.717) is 0 Å². The minimum Gasteiger partial charge on any atom is -0.457 e. The van der Waals surface area contributed by atoms with E-state index >= 15 is 0 Å². The number of ether oxygens (including phenoxy) is 2. The van der Waals surface area contributed by atoms with Crippen LogP contribution in [0.4, 0.5) is 17.1 Å². The van der Waals surface area contributed by atoms with Gasteiger partial charge in [0.1, 0.15) is 31.1 Å². The lowest BCUT2D eigenvalue weighted by molar-refractivity contribution is 0.419. The van der Waals surface area contributed by atoms with Crippen LogP contribution in [-0.4, -0.2) is 8.07 Å². The fraction of sp³-hybridized carbons (Fsp3) is 0.239. The molecule has 3 aliphatic carbocycles. The Morgan fingerprint density at radius 2 is 0.789 bits per heavy atom. The second-order valence-corrected chi connectivity index (χ2v) is 31.0. The quantitative estimate of drug-likeness (QED) is 0.164. The molecule has 0 radical (unpaired) electrons. The van der Waals surface area contributed by atoms with E-state index < -0.39 is 8.07 Å². The minimum absolute atomic E-state index is 0.113. The van der Waals surface area contributed by atoms with Gasteiger partial charge < -0.3 is 14.4 Å². The fourth-order valence-electron chi connectivity index (χ4n) is 15.0. The van der Waals surface area contributed by atoms with Gasteiger partial charge in [-0.3, -0.25) is 0 Å². The Balaban J connectivity index is 0.919. The lowest BCUT2D eigenvalue weighted by atomic mass is 9.74. The molecule has 374 valence electrons. The van der Waals surface area contributed by atoms with Crippen molar-refractivity contribution in [1.82, 2.24) is 0 Å². The first-order valence-corrected chi connectivity index (χ1v) is 31.1. The number of hydrogen-bond donors (Lipinski definition) is 0. The molecule has 3 aliphatic heterocycles. The molecule has 0 N–H and O–H groups in total. The summed E-state index contributed by atoms with van der Waals surface area (Å²) in [6, 6.07) is 62.6. The molecule has 3 nitrogen and oxygen atoms in total. The van der Waals surface area contributed by atoms with Crippen LogP contribution in [0.25, 0.3) is 33.4 Å². The largest absolute Gasteiger partial charge is 0.457 e. The smallest absolute Gasteiger partial charge is 0.139 e. The predicted molar refractivity (Wildman–Crippen MR) is 318 cm³/mol. The molecule has 15 rings (SSSR count). The highest BCUT2D eigenvalue weighted by Gasteiger charge is 2.47. The standard InChI is InChI=1S/C71H63NO2SSi/c1-67(2)46-19-13-15-21-56(46)73-64-51(67)33-31-48-61(64)43-28-25-40(37-53(43)69(48,5)6)72(41-26-29-44-54(38-41)70(7,8)49-35-36-60-65(62(44)49)74-57-22-16-18-24-59(57)76(60,11)12)42-27-30-45-55(39-42)71(9,10)50-32-34-52-66(63(45)50)75-58-23-17-14-20-47(58)68(52,3)4/h13-39H,1-12H3. The molecule has 5 heteroatoms. The van der Waals surface area contributed by atoms with Crippen molar-refractivity contribution in [3.05, 3.63) is 219 Å². The summed E-state index contributed by atoms with van der Waals surface area (Å²) in [7, 11) is -2.05. The molecule has 0 amide bonds. The summed E-state index contributed by atoms with van der Waals surface area (Å²) in [4.78, 5) is 5.30. The molecule has 3 heterocycles. The van der Waals surface area contributed by atoms with E-state index in [1.807, 2.05) is 11.8 Å². The number of para-hydroxylation sites is 2. The van der Waals surface area contributed by atoms with Gasteiger partial charge in [-0.05, 0) is 126 Å². The highest BCUT2D eigenvalue weighted by molar-refractivity contribution is 7.99. The van der Waals surface area contributed by atoms with Crippen molar-refractivity contribution in [3.8, 4) is 56.4 Å². The van der Waals surface area contributed by atoms with Crippen molar-refractivity contribution in [2.75, 3.05) is 4.90 Å². The Morgan fingerprint density at radius 1 is 0.355 bits per heavy atom. The molecule has 0 bridgehead atoms. The van der Waals surface area contributed by atoms with E-state index in [-0.39, 0.29) is 27.1 Å². The lowest BCUT2D eigenvalue weighted by Crippen LogP contribution is -2.56. The highest BCUT2D eigenvalue weighted by atomic mass is 32.2. The molecule has 6 aliphatic rings.